The van der Waals surface area contributed by atoms with Crippen molar-refractivity contribution in [3.63, 3.8) is 0 Å². The van der Waals surface area contributed by atoms with Gasteiger partial charge in [0.25, 0.3) is 0 Å². The maximum atomic E-state index is 12.7. The van der Waals surface area contributed by atoms with Crippen LogP contribution in [-0.2, 0) is 17.6 Å². The minimum atomic E-state index is -0.0729. The standard InChI is InChI=1S/C21H33N3O.ClH/c1-15(18-11-10-17-7-4-5-8-19(17)13-18)23-21(25)16(2)24-12-6-9-20(14-24)22-3;/h10-11,13,15-16,20,22H,4-9,12,14H2,1-3H3,(H,23,25);1H. The number of carbonyl (C=O) groups excluding carboxylic acids is 1. The van der Waals surface area contributed by atoms with Crippen molar-refractivity contribution >= 4 is 18.3 Å². The number of aryl methyl sites for hydroxylation is 2. The molecule has 3 atom stereocenters. The Balaban J connectivity index is 0.00000243. The van der Waals surface area contributed by atoms with E-state index in [0.717, 1.165) is 19.5 Å². The van der Waals surface area contributed by atoms with Crippen LogP contribution in [0.2, 0.25) is 0 Å². The van der Waals surface area contributed by atoms with Crippen LogP contribution < -0.4 is 10.6 Å². The van der Waals surface area contributed by atoms with Gasteiger partial charge in [0.1, 0.15) is 0 Å². The fourth-order valence-corrected chi connectivity index (χ4v) is 4.20. The van der Waals surface area contributed by atoms with Crippen LogP contribution in [0.3, 0.4) is 0 Å². The topological polar surface area (TPSA) is 44.4 Å². The molecule has 1 saturated heterocycles. The highest BCUT2D eigenvalue weighted by Crippen LogP contribution is 2.25. The lowest BCUT2D eigenvalue weighted by Crippen LogP contribution is -2.52. The zero-order valence-corrected chi connectivity index (χ0v) is 17.2. The summed E-state index contributed by atoms with van der Waals surface area (Å²) in [4.78, 5) is 15.0. The van der Waals surface area contributed by atoms with Gasteiger partial charge in [-0.25, -0.2) is 0 Å². The number of fused-ring (bicyclic) bond motifs is 1. The smallest absolute Gasteiger partial charge is 0.237 e. The molecule has 146 valence electrons. The number of hydrogen-bond acceptors (Lipinski definition) is 3. The molecule has 1 fully saturated rings. The highest BCUT2D eigenvalue weighted by molar-refractivity contribution is 5.85. The molecule has 1 aliphatic heterocycles. The van der Waals surface area contributed by atoms with Gasteiger partial charge in [-0.05, 0) is 82.7 Å². The van der Waals surface area contributed by atoms with Gasteiger partial charge >= 0.3 is 0 Å². The summed E-state index contributed by atoms with van der Waals surface area (Å²) in [7, 11) is 2.01. The third-order valence-electron chi connectivity index (χ3n) is 6.02. The second-order valence-corrected chi connectivity index (χ2v) is 7.76. The van der Waals surface area contributed by atoms with Crippen LogP contribution in [0.5, 0.6) is 0 Å². The summed E-state index contributed by atoms with van der Waals surface area (Å²) >= 11 is 0. The first kappa shape index (κ1) is 21.2. The first-order chi connectivity index (χ1) is 12.1. The number of amides is 1. The molecule has 3 rings (SSSR count). The lowest BCUT2D eigenvalue weighted by molar-refractivity contribution is -0.127. The van der Waals surface area contributed by atoms with Crippen molar-refractivity contribution in [3.05, 3.63) is 34.9 Å². The Hall–Kier alpha value is -1.10. The minimum Gasteiger partial charge on any atom is -0.348 e. The number of hydrogen-bond donors (Lipinski definition) is 2. The number of halogens is 1. The molecule has 4 nitrogen and oxygen atoms in total. The summed E-state index contributed by atoms with van der Waals surface area (Å²) in [6.07, 6.45) is 7.33. The van der Waals surface area contributed by atoms with Crippen LogP contribution in [0, 0.1) is 0 Å². The summed E-state index contributed by atoms with van der Waals surface area (Å²) in [5, 5.41) is 6.58. The maximum Gasteiger partial charge on any atom is 0.237 e. The van der Waals surface area contributed by atoms with E-state index in [1.807, 2.05) is 14.0 Å². The Morgan fingerprint density at radius 2 is 1.88 bits per heavy atom. The molecule has 2 aliphatic rings. The van der Waals surface area contributed by atoms with Gasteiger partial charge in [-0.15, -0.1) is 12.4 Å². The number of nitrogens with zero attached hydrogens (tertiary/aromatic N) is 1. The van der Waals surface area contributed by atoms with Gasteiger partial charge in [-0.2, -0.15) is 0 Å². The number of nitrogens with one attached hydrogen (secondary N) is 2. The quantitative estimate of drug-likeness (QED) is 0.825. The first-order valence-electron chi connectivity index (χ1n) is 9.92. The van der Waals surface area contributed by atoms with Crippen LogP contribution in [-0.4, -0.2) is 43.0 Å². The molecule has 3 unspecified atom stereocenters. The largest absolute Gasteiger partial charge is 0.348 e. The van der Waals surface area contributed by atoms with Crippen LogP contribution in [0.25, 0.3) is 0 Å². The second kappa shape index (κ2) is 9.72. The van der Waals surface area contributed by atoms with Gasteiger partial charge in [0.2, 0.25) is 5.91 Å². The summed E-state index contributed by atoms with van der Waals surface area (Å²) < 4.78 is 0. The molecule has 0 radical (unpaired) electrons. The number of likely N-dealkylation sites (tertiary alicyclic amines) is 1. The minimum absolute atomic E-state index is 0. The van der Waals surface area contributed by atoms with Gasteiger partial charge in [0, 0.05) is 12.6 Å². The summed E-state index contributed by atoms with van der Waals surface area (Å²) in [6.45, 7) is 6.10. The fraction of sp³-hybridized carbons (Fsp3) is 0.667. The van der Waals surface area contributed by atoms with E-state index < -0.39 is 0 Å². The van der Waals surface area contributed by atoms with Crippen molar-refractivity contribution in [1.29, 1.82) is 0 Å². The molecule has 2 N–H and O–H groups in total. The molecule has 0 saturated carbocycles. The van der Waals surface area contributed by atoms with Gasteiger partial charge in [-0.3, -0.25) is 9.69 Å². The van der Waals surface area contributed by atoms with Crippen molar-refractivity contribution in [2.24, 2.45) is 0 Å². The lowest BCUT2D eigenvalue weighted by Gasteiger charge is -2.36. The number of likely N-dealkylation sites (N-methyl/N-ethyl adjacent to an activating group) is 1. The van der Waals surface area contributed by atoms with Crippen molar-refractivity contribution in [3.8, 4) is 0 Å². The van der Waals surface area contributed by atoms with Crippen molar-refractivity contribution in [1.82, 2.24) is 15.5 Å². The van der Waals surface area contributed by atoms with Gasteiger partial charge in [-0.1, -0.05) is 18.2 Å². The van der Waals surface area contributed by atoms with Crippen LogP contribution >= 0.6 is 12.4 Å². The monoisotopic (exact) mass is 379 g/mol. The highest BCUT2D eigenvalue weighted by Gasteiger charge is 2.27. The van der Waals surface area contributed by atoms with Crippen LogP contribution in [0.15, 0.2) is 18.2 Å². The Labute approximate surface area is 164 Å². The Morgan fingerprint density at radius 3 is 2.62 bits per heavy atom. The average Bonchev–Trinajstić information content (AvgIpc) is 2.66. The average molecular weight is 380 g/mol. The molecule has 26 heavy (non-hydrogen) atoms. The Kier molecular flexibility index (Phi) is 7.93. The maximum absolute atomic E-state index is 12.7. The molecular weight excluding hydrogens is 346 g/mol. The van der Waals surface area contributed by atoms with Crippen molar-refractivity contribution < 1.29 is 4.79 Å². The SMILES string of the molecule is CNC1CCCN(C(C)C(=O)NC(C)c2ccc3c(c2)CCCC3)C1.Cl. The lowest BCUT2D eigenvalue weighted by atomic mass is 9.89. The molecule has 1 aliphatic carbocycles. The highest BCUT2D eigenvalue weighted by atomic mass is 35.5. The molecule has 1 aromatic carbocycles. The van der Waals surface area contributed by atoms with Gasteiger partial charge in [0.15, 0.2) is 0 Å². The van der Waals surface area contributed by atoms with Crippen molar-refractivity contribution in [2.75, 3.05) is 20.1 Å². The predicted octanol–water partition coefficient (Wildman–Crippen LogP) is 3.24. The second-order valence-electron chi connectivity index (χ2n) is 7.76. The van der Waals surface area contributed by atoms with Crippen LogP contribution in [0.4, 0.5) is 0 Å². The molecule has 0 aromatic heterocycles. The van der Waals surface area contributed by atoms with Gasteiger partial charge < -0.3 is 10.6 Å². The number of rotatable bonds is 5. The van der Waals surface area contributed by atoms with E-state index in [-0.39, 0.29) is 30.4 Å². The third-order valence-corrected chi connectivity index (χ3v) is 6.02. The van der Waals surface area contributed by atoms with E-state index in [0.29, 0.717) is 6.04 Å². The summed E-state index contributed by atoms with van der Waals surface area (Å²) in [5.41, 5.74) is 4.20. The molecular formula is C21H34ClN3O. The third kappa shape index (κ3) is 4.99. The molecule has 1 aromatic rings. The first-order valence-corrected chi connectivity index (χ1v) is 9.92. The van der Waals surface area contributed by atoms with Gasteiger partial charge in [0.05, 0.1) is 12.1 Å². The van der Waals surface area contributed by atoms with E-state index in [4.69, 9.17) is 0 Å². The summed E-state index contributed by atoms with van der Waals surface area (Å²) in [6, 6.07) is 7.25. The predicted molar refractivity (Wildman–Crippen MR) is 110 cm³/mol. The zero-order chi connectivity index (χ0) is 17.8. The van der Waals surface area contributed by atoms with E-state index in [1.54, 1.807) is 0 Å². The van der Waals surface area contributed by atoms with E-state index >= 15 is 0 Å². The van der Waals surface area contributed by atoms with E-state index in [1.165, 1.54) is 48.8 Å². The number of benzene rings is 1. The van der Waals surface area contributed by atoms with Crippen molar-refractivity contribution in [2.45, 2.75) is 70.5 Å². The fourth-order valence-electron chi connectivity index (χ4n) is 4.20. The molecule has 1 amide bonds. The number of carbonyl (C=O) groups is 1. The Bertz CT molecular complexity index is 607. The van der Waals surface area contributed by atoms with E-state index in [9.17, 15) is 4.79 Å². The number of piperidine rings is 1. The summed E-state index contributed by atoms with van der Waals surface area (Å²) in [5.74, 6) is 0.141. The van der Waals surface area contributed by atoms with Crippen LogP contribution in [0.1, 0.15) is 62.3 Å². The molecule has 0 bridgehead atoms. The molecule has 0 spiro atoms. The molecule has 5 heteroatoms. The Morgan fingerprint density at radius 1 is 1.15 bits per heavy atom. The van der Waals surface area contributed by atoms with E-state index in [2.05, 4.69) is 40.7 Å². The molecule has 1 heterocycles. The normalized spacial score (nSPS) is 22.7. The zero-order valence-electron chi connectivity index (χ0n) is 16.4.